The maximum Gasteiger partial charge on any atom is 0.320 e. The summed E-state index contributed by atoms with van der Waals surface area (Å²) in [4.78, 5) is 26.6. The lowest BCUT2D eigenvalue weighted by Crippen LogP contribution is -2.27. The second-order valence-electron chi connectivity index (χ2n) is 7.30. The molecule has 0 radical (unpaired) electrons. The Kier molecular flexibility index (Phi) is 4.98. The first-order chi connectivity index (χ1) is 15.5. The van der Waals surface area contributed by atoms with Crippen molar-refractivity contribution in [1.29, 1.82) is 0 Å². The largest absolute Gasteiger partial charge is 0.465 e. The van der Waals surface area contributed by atoms with Crippen LogP contribution in [0.5, 0.6) is 0 Å². The van der Waals surface area contributed by atoms with E-state index in [1.807, 2.05) is 4.57 Å². The van der Waals surface area contributed by atoms with E-state index >= 15 is 0 Å². The van der Waals surface area contributed by atoms with E-state index in [4.69, 9.17) is 9.26 Å². The van der Waals surface area contributed by atoms with E-state index in [2.05, 4.69) is 25.2 Å². The van der Waals surface area contributed by atoms with Crippen molar-refractivity contribution in [2.45, 2.75) is 20.0 Å². The number of esters is 1. The summed E-state index contributed by atoms with van der Waals surface area (Å²) in [6.45, 7) is 2.80. The summed E-state index contributed by atoms with van der Waals surface area (Å²) < 4.78 is 27.8. The quantitative estimate of drug-likeness (QED) is 0.365. The van der Waals surface area contributed by atoms with E-state index < -0.39 is 0 Å². The van der Waals surface area contributed by atoms with Crippen molar-refractivity contribution in [3.8, 4) is 28.6 Å². The van der Waals surface area contributed by atoms with E-state index in [0.29, 0.717) is 41.9 Å². The van der Waals surface area contributed by atoms with Crippen LogP contribution in [0.1, 0.15) is 18.5 Å². The van der Waals surface area contributed by atoms with Crippen LogP contribution in [-0.4, -0.2) is 65.5 Å². The number of rotatable bonds is 6. The Hall–Kier alpha value is -3.93. The molecule has 4 heterocycles. The first-order valence-electron chi connectivity index (χ1n) is 9.95. The van der Waals surface area contributed by atoms with Crippen molar-refractivity contribution >= 4 is 5.97 Å². The second kappa shape index (κ2) is 7.96. The van der Waals surface area contributed by atoms with Crippen LogP contribution in [0.2, 0.25) is 0 Å². The number of imidazole rings is 1. The lowest BCUT2D eigenvalue weighted by atomic mass is 10.1. The summed E-state index contributed by atoms with van der Waals surface area (Å²) in [6, 6.07) is 4.49. The highest BCUT2D eigenvalue weighted by atomic mass is 19.1. The number of ether oxygens (including phenoxy) is 1. The van der Waals surface area contributed by atoms with Gasteiger partial charge in [-0.25, -0.2) is 19.0 Å². The predicted octanol–water partition coefficient (Wildman–Crippen LogP) is 1.68. The zero-order valence-corrected chi connectivity index (χ0v) is 17.4. The summed E-state index contributed by atoms with van der Waals surface area (Å²) >= 11 is 0. The third-order valence-electron chi connectivity index (χ3n) is 5.03. The number of hydrogen-bond acceptors (Lipinski definition) is 9. The van der Waals surface area contributed by atoms with Crippen LogP contribution in [0.15, 0.2) is 35.4 Å². The summed E-state index contributed by atoms with van der Waals surface area (Å²) in [6.07, 6.45) is 3.07. The monoisotopic (exact) mass is 438 g/mol. The first-order valence-corrected chi connectivity index (χ1v) is 9.95. The Morgan fingerprint density at radius 3 is 3.06 bits per heavy atom. The van der Waals surface area contributed by atoms with E-state index in [9.17, 15) is 9.18 Å². The number of benzene rings is 1. The zero-order chi connectivity index (χ0) is 22.2. The average molecular weight is 438 g/mol. The summed E-state index contributed by atoms with van der Waals surface area (Å²) in [5.41, 5.74) is 2.62. The first kappa shape index (κ1) is 20.0. The molecule has 12 heteroatoms. The molecule has 3 aromatic heterocycles. The minimum absolute atomic E-state index is 0.105. The van der Waals surface area contributed by atoms with Gasteiger partial charge in [-0.15, -0.1) is 0 Å². The lowest BCUT2D eigenvalue weighted by molar-refractivity contribution is -0.144. The molecule has 0 fully saturated rings. The van der Waals surface area contributed by atoms with Gasteiger partial charge in [0.05, 0.1) is 37.6 Å². The molecule has 32 heavy (non-hydrogen) atoms. The molecule has 164 valence electrons. The Bertz CT molecular complexity index is 1290. The van der Waals surface area contributed by atoms with Crippen LogP contribution < -0.4 is 0 Å². The van der Waals surface area contributed by atoms with Crippen LogP contribution in [0.25, 0.3) is 28.6 Å². The number of hydrogen-bond donors (Lipinski definition) is 0. The van der Waals surface area contributed by atoms with Gasteiger partial charge in [0.15, 0.2) is 5.82 Å². The van der Waals surface area contributed by atoms with Crippen molar-refractivity contribution < 1.29 is 18.4 Å². The van der Waals surface area contributed by atoms with Gasteiger partial charge < -0.3 is 9.26 Å². The summed E-state index contributed by atoms with van der Waals surface area (Å²) in [5, 5.41) is 8.34. The van der Waals surface area contributed by atoms with E-state index in [1.54, 1.807) is 35.9 Å². The van der Waals surface area contributed by atoms with Crippen molar-refractivity contribution in [2.24, 2.45) is 0 Å². The molecular formula is C20H19FN8O3. The lowest BCUT2D eigenvalue weighted by Gasteiger charge is -2.12. The molecule has 0 saturated carbocycles. The minimum Gasteiger partial charge on any atom is -0.465 e. The van der Waals surface area contributed by atoms with Crippen LogP contribution >= 0.6 is 0 Å². The molecule has 0 spiro atoms. The molecule has 0 amide bonds. The van der Waals surface area contributed by atoms with Gasteiger partial charge in [0.25, 0.3) is 0 Å². The molecule has 0 N–H and O–H groups in total. The molecule has 11 nitrogen and oxygen atoms in total. The van der Waals surface area contributed by atoms with Crippen LogP contribution in [0.4, 0.5) is 4.39 Å². The minimum atomic E-state index is -0.364. The van der Waals surface area contributed by atoms with Gasteiger partial charge in [-0.1, -0.05) is 5.16 Å². The molecule has 1 aliphatic rings. The third kappa shape index (κ3) is 3.54. The van der Waals surface area contributed by atoms with Crippen LogP contribution in [-0.2, 0) is 22.6 Å². The standard InChI is InChI=1S/C20H19FN8O3/c1-3-31-17(30)9-27(2)8-16-25-19(26-32-16)18-15-7-29-20(22-10-24-29)13-6-12(21)4-5-14(13)28(15)11-23-18/h4-6,10-11H,3,7-9H2,1-2H3. The Balaban J connectivity index is 1.47. The van der Waals surface area contributed by atoms with Gasteiger partial charge in [-0.2, -0.15) is 10.1 Å². The van der Waals surface area contributed by atoms with E-state index in [1.165, 1.54) is 18.5 Å². The summed E-state index contributed by atoms with van der Waals surface area (Å²) in [7, 11) is 1.76. The van der Waals surface area contributed by atoms with Gasteiger partial charge in [0, 0.05) is 5.56 Å². The van der Waals surface area contributed by atoms with Gasteiger partial charge in [-0.05, 0) is 32.2 Å². The van der Waals surface area contributed by atoms with Gasteiger partial charge in [0.2, 0.25) is 11.7 Å². The smallest absolute Gasteiger partial charge is 0.320 e. The highest BCUT2D eigenvalue weighted by Crippen LogP contribution is 2.33. The number of carbonyl (C=O) groups excluding carboxylic acids is 1. The van der Waals surface area contributed by atoms with Gasteiger partial charge >= 0.3 is 5.97 Å². The second-order valence-corrected chi connectivity index (χ2v) is 7.30. The van der Waals surface area contributed by atoms with E-state index in [-0.39, 0.29) is 24.9 Å². The van der Waals surface area contributed by atoms with Crippen molar-refractivity contribution in [1.82, 2.24) is 39.4 Å². The molecule has 4 aromatic rings. The maximum absolute atomic E-state index is 14.0. The number of carbonyl (C=O) groups is 1. The number of nitrogens with zero attached hydrogens (tertiary/aromatic N) is 8. The number of fused-ring (bicyclic) bond motifs is 5. The van der Waals surface area contributed by atoms with Crippen LogP contribution in [0, 0.1) is 5.82 Å². The third-order valence-corrected chi connectivity index (χ3v) is 5.03. The molecule has 0 unspecified atom stereocenters. The SMILES string of the molecule is CCOC(=O)CN(C)Cc1nc(-c2ncn3c2Cn2ncnc2-c2cc(F)ccc2-3)no1. The predicted molar refractivity (Wildman–Crippen MR) is 108 cm³/mol. The molecule has 1 aromatic carbocycles. The summed E-state index contributed by atoms with van der Waals surface area (Å²) in [5.74, 6) is 0.518. The Morgan fingerprint density at radius 2 is 2.22 bits per heavy atom. The fourth-order valence-electron chi connectivity index (χ4n) is 3.68. The molecule has 0 bridgehead atoms. The number of halogens is 1. The fourth-order valence-corrected chi connectivity index (χ4v) is 3.68. The number of likely N-dealkylation sites (N-methyl/N-ethyl adjacent to an activating group) is 1. The van der Waals surface area contributed by atoms with Crippen LogP contribution in [0.3, 0.4) is 0 Å². The van der Waals surface area contributed by atoms with Gasteiger partial charge in [-0.3, -0.25) is 14.3 Å². The molecule has 0 aliphatic carbocycles. The van der Waals surface area contributed by atoms with Gasteiger partial charge in [0.1, 0.15) is 24.2 Å². The molecule has 0 saturated heterocycles. The molecular weight excluding hydrogens is 419 g/mol. The van der Waals surface area contributed by atoms with Crippen molar-refractivity contribution in [3.63, 3.8) is 0 Å². The van der Waals surface area contributed by atoms with E-state index in [0.717, 1.165) is 11.4 Å². The average Bonchev–Trinajstić information content (AvgIpc) is 3.47. The Labute approximate surface area is 181 Å². The molecule has 1 aliphatic heterocycles. The zero-order valence-electron chi connectivity index (χ0n) is 17.4. The molecule has 0 atom stereocenters. The molecule has 5 rings (SSSR count). The normalized spacial score (nSPS) is 12.2. The Morgan fingerprint density at radius 1 is 1.34 bits per heavy atom. The van der Waals surface area contributed by atoms with Crippen molar-refractivity contribution in [3.05, 3.63) is 48.3 Å². The fraction of sp³-hybridized carbons (Fsp3) is 0.300. The highest BCUT2D eigenvalue weighted by molar-refractivity contribution is 5.72. The highest BCUT2D eigenvalue weighted by Gasteiger charge is 2.26. The number of aromatic nitrogens is 7. The topological polar surface area (TPSA) is 117 Å². The van der Waals surface area contributed by atoms with Crippen molar-refractivity contribution in [2.75, 3.05) is 20.2 Å². The maximum atomic E-state index is 14.0.